The van der Waals surface area contributed by atoms with Crippen LogP contribution in [0.15, 0.2) is 48.2 Å². The van der Waals surface area contributed by atoms with Gasteiger partial charge in [-0.15, -0.1) is 0 Å². The van der Waals surface area contributed by atoms with Gasteiger partial charge < -0.3 is 14.8 Å². The van der Waals surface area contributed by atoms with Gasteiger partial charge >= 0.3 is 5.97 Å². The molecule has 0 radical (unpaired) electrons. The highest BCUT2D eigenvalue weighted by atomic mass is 32.1. The second kappa shape index (κ2) is 7.32. The minimum atomic E-state index is -0.838. The Hall–Kier alpha value is -3.26. The molecule has 1 fully saturated rings. The molecule has 3 rings (SSSR count). The number of carbonyl (C=O) groups excluding carboxylic acids is 2. The van der Waals surface area contributed by atoms with E-state index < -0.39 is 11.8 Å². The minimum absolute atomic E-state index is 0.127. The summed E-state index contributed by atoms with van der Waals surface area (Å²) in [5.41, 5.74) is 0.726. The molecule has 0 spiro atoms. The monoisotopic (exact) mass is 372 g/mol. The van der Waals surface area contributed by atoms with E-state index in [1.165, 1.54) is 37.4 Å². The largest absolute Gasteiger partial charge is 0.493 e. The zero-order valence-electron chi connectivity index (χ0n) is 13.5. The molecule has 8 heteroatoms. The third-order valence-corrected chi connectivity index (χ3v) is 3.72. The number of amides is 1. The van der Waals surface area contributed by atoms with Crippen molar-refractivity contribution < 1.29 is 23.5 Å². The topological polar surface area (TPSA) is 76.7 Å². The van der Waals surface area contributed by atoms with Crippen molar-refractivity contribution in [3.05, 3.63) is 65.1 Å². The van der Waals surface area contributed by atoms with Crippen LogP contribution in [0.1, 0.15) is 15.9 Å². The van der Waals surface area contributed by atoms with Crippen LogP contribution in [0.25, 0.3) is 6.08 Å². The number of methoxy groups -OCH3 is 1. The molecule has 0 aliphatic carbocycles. The van der Waals surface area contributed by atoms with E-state index >= 15 is 0 Å². The van der Waals surface area contributed by atoms with E-state index in [0.29, 0.717) is 5.56 Å². The Bertz CT molecular complexity index is 943. The zero-order chi connectivity index (χ0) is 18.7. The van der Waals surface area contributed by atoms with E-state index in [1.54, 1.807) is 18.2 Å². The molecular weight excluding hydrogens is 359 g/mol. The summed E-state index contributed by atoms with van der Waals surface area (Å²) in [5, 5.41) is 5.41. The zero-order valence-corrected chi connectivity index (χ0v) is 14.4. The number of halogens is 1. The number of hydrogen-bond donors (Lipinski definition) is 2. The van der Waals surface area contributed by atoms with E-state index in [9.17, 15) is 14.0 Å². The first-order chi connectivity index (χ1) is 12.5. The molecular formula is C18H13FN2O4S. The molecule has 2 aromatic rings. The Labute approximate surface area is 153 Å². The molecule has 0 atom stereocenters. The van der Waals surface area contributed by atoms with Crippen LogP contribution in [0.3, 0.4) is 0 Å². The van der Waals surface area contributed by atoms with Gasteiger partial charge in [0.2, 0.25) is 0 Å². The number of hydrogen-bond acceptors (Lipinski definition) is 5. The molecule has 1 aliphatic heterocycles. The van der Waals surface area contributed by atoms with Crippen LogP contribution in [0.4, 0.5) is 4.39 Å². The predicted octanol–water partition coefficient (Wildman–Crippen LogP) is 2.40. The summed E-state index contributed by atoms with van der Waals surface area (Å²) in [5.74, 6) is -1.47. The summed E-state index contributed by atoms with van der Waals surface area (Å²) in [4.78, 5) is 23.8. The highest BCUT2D eigenvalue weighted by Crippen LogP contribution is 2.30. The molecule has 1 heterocycles. The Morgan fingerprint density at radius 2 is 1.92 bits per heavy atom. The van der Waals surface area contributed by atoms with Crippen molar-refractivity contribution in [1.82, 2.24) is 10.6 Å². The van der Waals surface area contributed by atoms with Crippen molar-refractivity contribution in [1.29, 1.82) is 0 Å². The van der Waals surface area contributed by atoms with Gasteiger partial charge in [0, 0.05) is 0 Å². The summed E-state index contributed by atoms with van der Waals surface area (Å²) < 4.78 is 24.1. The van der Waals surface area contributed by atoms with Crippen LogP contribution in [-0.2, 0) is 4.79 Å². The molecule has 132 valence electrons. The van der Waals surface area contributed by atoms with Crippen LogP contribution in [-0.4, -0.2) is 24.1 Å². The van der Waals surface area contributed by atoms with Gasteiger partial charge in [0.05, 0.1) is 12.7 Å². The fraction of sp³-hybridized carbons (Fsp3) is 0.0556. The molecule has 0 saturated carbocycles. The van der Waals surface area contributed by atoms with Gasteiger partial charge in [-0.1, -0.05) is 18.2 Å². The van der Waals surface area contributed by atoms with Crippen LogP contribution in [0.5, 0.6) is 11.5 Å². The van der Waals surface area contributed by atoms with E-state index in [2.05, 4.69) is 10.6 Å². The fourth-order valence-corrected chi connectivity index (χ4v) is 2.49. The molecule has 26 heavy (non-hydrogen) atoms. The Balaban J connectivity index is 1.85. The first-order valence-electron chi connectivity index (χ1n) is 7.46. The minimum Gasteiger partial charge on any atom is -0.493 e. The molecule has 1 saturated heterocycles. The van der Waals surface area contributed by atoms with Crippen LogP contribution < -0.4 is 20.1 Å². The number of ether oxygens (including phenoxy) is 2. The maximum atomic E-state index is 13.7. The first-order valence-corrected chi connectivity index (χ1v) is 7.87. The first kappa shape index (κ1) is 17.6. The molecule has 1 aliphatic rings. The van der Waals surface area contributed by atoms with Crippen molar-refractivity contribution in [2.24, 2.45) is 0 Å². The third-order valence-electron chi connectivity index (χ3n) is 3.51. The maximum Gasteiger partial charge on any atom is 0.346 e. The third kappa shape index (κ3) is 3.70. The number of nitrogens with one attached hydrogen (secondary N) is 2. The second-order valence-electron chi connectivity index (χ2n) is 5.25. The summed E-state index contributed by atoms with van der Waals surface area (Å²) in [7, 11) is 1.41. The van der Waals surface area contributed by atoms with Gasteiger partial charge in [0.25, 0.3) is 5.91 Å². The molecule has 1 amide bonds. The maximum absolute atomic E-state index is 13.7. The van der Waals surface area contributed by atoms with Crippen LogP contribution in [0.2, 0.25) is 0 Å². The van der Waals surface area contributed by atoms with E-state index in [1.807, 2.05) is 0 Å². The van der Waals surface area contributed by atoms with Gasteiger partial charge in [-0.05, 0) is 48.1 Å². The summed E-state index contributed by atoms with van der Waals surface area (Å²) >= 11 is 4.87. The molecule has 2 aromatic carbocycles. The summed E-state index contributed by atoms with van der Waals surface area (Å²) in [6.45, 7) is 0. The van der Waals surface area contributed by atoms with E-state index in [0.717, 1.165) is 0 Å². The van der Waals surface area contributed by atoms with Crippen molar-refractivity contribution in [2.45, 2.75) is 0 Å². The average molecular weight is 372 g/mol. The van der Waals surface area contributed by atoms with Gasteiger partial charge in [0.15, 0.2) is 16.6 Å². The van der Waals surface area contributed by atoms with E-state index in [-0.39, 0.29) is 33.8 Å². The average Bonchev–Trinajstić information content (AvgIpc) is 2.93. The van der Waals surface area contributed by atoms with Crippen LogP contribution >= 0.6 is 12.2 Å². The molecule has 0 unspecified atom stereocenters. The second-order valence-corrected chi connectivity index (χ2v) is 5.65. The highest BCUT2D eigenvalue weighted by Gasteiger charge is 2.20. The molecule has 0 aromatic heterocycles. The number of esters is 1. The number of carbonyl (C=O) groups is 2. The summed E-state index contributed by atoms with van der Waals surface area (Å²) in [6, 6.07) is 10.2. The number of rotatable bonds is 4. The van der Waals surface area contributed by atoms with Crippen molar-refractivity contribution in [2.75, 3.05) is 7.11 Å². The fourth-order valence-electron chi connectivity index (χ4n) is 2.29. The smallest absolute Gasteiger partial charge is 0.346 e. The van der Waals surface area contributed by atoms with Gasteiger partial charge in [-0.2, -0.15) is 0 Å². The standard InChI is InChI=1S/C18H13FN2O4S/c1-24-15-9-10(8-13-16(22)21-18(26)20-13)6-7-14(15)25-17(23)11-4-2-3-5-12(11)19/h2-9H,1H3,(H2,20,21,22,26)/b13-8-. The molecule has 2 N–H and O–H groups in total. The van der Waals surface area contributed by atoms with Crippen molar-refractivity contribution in [3.63, 3.8) is 0 Å². The van der Waals surface area contributed by atoms with Crippen molar-refractivity contribution in [3.8, 4) is 11.5 Å². The SMILES string of the molecule is COc1cc(/C=C2\NC(=S)NC2=O)ccc1OC(=O)c1ccccc1F. The molecule has 6 nitrogen and oxygen atoms in total. The molecule has 0 bridgehead atoms. The quantitative estimate of drug-likeness (QED) is 0.372. The lowest BCUT2D eigenvalue weighted by atomic mass is 10.1. The van der Waals surface area contributed by atoms with Gasteiger partial charge in [0.1, 0.15) is 11.5 Å². The lowest BCUT2D eigenvalue weighted by Gasteiger charge is -2.10. The number of thiocarbonyl (C=S) groups is 1. The Morgan fingerprint density at radius 3 is 2.58 bits per heavy atom. The number of benzene rings is 2. The normalized spacial score (nSPS) is 14.8. The van der Waals surface area contributed by atoms with Gasteiger partial charge in [-0.3, -0.25) is 10.1 Å². The Morgan fingerprint density at radius 1 is 1.15 bits per heavy atom. The summed E-state index contributed by atoms with van der Waals surface area (Å²) in [6.07, 6.45) is 1.57. The lowest BCUT2D eigenvalue weighted by Crippen LogP contribution is -2.21. The lowest BCUT2D eigenvalue weighted by molar-refractivity contribution is -0.115. The van der Waals surface area contributed by atoms with E-state index in [4.69, 9.17) is 21.7 Å². The highest BCUT2D eigenvalue weighted by molar-refractivity contribution is 7.80. The predicted molar refractivity (Wildman–Crippen MR) is 96.2 cm³/mol. The Kier molecular flexibility index (Phi) is 4.94. The van der Waals surface area contributed by atoms with Crippen LogP contribution in [0, 0.1) is 5.82 Å². The van der Waals surface area contributed by atoms with Gasteiger partial charge in [-0.25, -0.2) is 9.18 Å². The van der Waals surface area contributed by atoms with Crippen molar-refractivity contribution >= 4 is 35.3 Å².